The third-order valence-electron chi connectivity index (χ3n) is 4.16. The van der Waals surface area contributed by atoms with E-state index in [0.717, 1.165) is 24.4 Å². The molecule has 0 aliphatic carbocycles. The van der Waals surface area contributed by atoms with E-state index >= 15 is 0 Å². The molecule has 0 unspecified atom stereocenters. The molecule has 4 rings (SSSR count). The number of anilines is 1. The molecule has 0 atom stereocenters. The van der Waals surface area contributed by atoms with Crippen molar-refractivity contribution >= 4 is 23.3 Å². The van der Waals surface area contributed by atoms with Crippen LogP contribution in [0, 0.1) is 11.6 Å². The molecular weight excluding hydrogens is 414 g/mol. The predicted molar refractivity (Wildman–Crippen MR) is 96.1 cm³/mol. The molecule has 29 heavy (non-hydrogen) atoms. The molecular formula is C19H10ClF4N3O2. The van der Waals surface area contributed by atoms with Crippen molar-refractivity contribution in [3.63, 3.8) is 0 Å². The predicted octanol–water partition coefficient (Wildman–Crippen LogP) is 4.86. The van der Waals surface area contributed by atoms with Crippen LogP contribution in [0.15, 0.2) is 42.7 Å². The first-order valence-corrected chi connectivity index (χ1v) is 8.58. The minimum atomic E-state index is -3.30. The molecule has 0 saturated carbocycles. The Morgan fingerprint density at radius 1 is 1.14 bits per heavy atom. The van der Waals surface area contributed by atoms with Crippen LogP contribution in [0.4, 0.5) is 23.4 Å². The van der Waals surface area contributed by atoms with Crippen LogP contribution in [-0.4, -0.2) is 22.0 Å². The lowest BCUT2D eigenvalue weighted by Crippen LogP contribution is -2.20. The highest BCUT2D eigenvalue weighted by molar-refractivity contribution is 6.33. The number of carbonyl (C=O) groups is 1. The summed E-state index contributed by atoms with van der Waals surface area (Å²) < 4.78 is 58.7. The van der Waals surface area contributed by atoms with Crippen LogP contribution in [0.5, 0.6) is 5.75 Å². The van der Waals surface area contributed by atoms with Crippen LogP contribution < -0.4 is 10.1 Å². The number of carbonyl (C=O) groups excluding carboxylic acids is 1. The van der Waals surface area contributed by atoms with Crippen molar-refractivity contribution < 1.29 is 27.1 Å². The van der Waals surface area contributed by atoms with Gasteiger partial charge in [0.05, 0.1) is 29.5 Å². The number of hydrogen-bond acceptors (Lipinski definition) is 4. The molecule has 2 heterocycles. The summed E-state index contributed by atoms with van der Waals surface area (Å²) in [5.41, 5.74) is 0.116. The average molecular weight is 424 g/mol. The van der Waals surface area contributed by atoms with E-state index < -0.39 is 35.6 Å². The summed E-state index contributed by atoms with van der Waals surface area (Å²) in [7, 11) is 0. The van der Waals surface area contributed by atoms with Crippen LogP contribution in [-0.2, 0) is 6.42 Å². The summed E-state index contributed by atoms with van der Waals surface area (Å²) in [6.07, 6.45) is -1.50. The fourth-order valence-corrected chi connectivity index (χ4v) is 3.12. The third kappa shape index (κ3) is 3.73. The van der Waals surface area contributed by atoms with Crippen molar-refractivity contribution in [1.82, 2.24) is 9.97 Å². The van der Waals surface area contributed by atoms with Gasteiger partial charge in [-0.25, -0.2) is 13.8 Å². The molecule has 3 aromatic rings. The molecule has 1 amide bonds. The molecule has 1 aliphatic rings. The van der Waals surface area contributed by atoms with E-state index in [4.69, 9.17) is 11.6 Å². The summed E-state index contributed by atoms with van der Waals surface area (Å²) in [5, 5.41) is 2.37. The van der Waals surface area contributed by atoms with Crippen molar-refractivity contribution in [2.24, 2.45) is 0 Å². The minimum absolute atomic E-state index is 0.00694. The normalized spacial score (nSPS) is 14.2. The van der Waals surface area contributed by atoms with Gasteiger partial charge in [-0.05, 0) is 24.3 Å². The second-order valence-electron chi connectivity index (χ2n) is 6.19. The van der Waals surface area contributed by atoms with E-state index in [2.05, 4.69) is 20.0 Å². The summed E-state index contributed by atoms with van der Waals surface area (Å²) in [6, 6.07) is 5.74. The first kappa shape index (κ1) is 19.1. The van der Waals surface area contributed by atoms with Crippen LogP contribution >= 0.6 is 11.6 Å². The Kier molecular flexibility index (Phi) is 4.62. The van der Waals surface area contributed by atoms with Gasteiger partial charge in [0, 0.05) is 11.1 Å². The number of alkyl halides is 2. The number of fused-ring (bicyclic) bond motifs is 1. The maximum absolute atomic E-state index is 13.7. The number of halogens is 5. The van der Waals surface area contributed by atoms with Crippen LogP contribution in [0.25, 0.3) is 11.3 Å². The van der Waals surface area contributed by atoms with Crippen molar-refractivity contribution in [3.8, 4) is 17.0 Å². The number of nitrogens with zero attached hydrogens (tertiary/aromatic N) is 2. The highest BCUT2D eigenvalue weighted by atomic mass is 35.5. The SMILES string of the molecule is O=C(Nc1cnc(-c2cc3c(cc2Cl)OC(F)(F)C3)cn1)c1c(F)cccc1F. The maximum Gasteiger partial charge on any atom is 0.402 e. The van der Waals surface area contributed by atoms with Gasteiger partial charge in [-0.2, -0.15) is 8.78 Å². The molecule has 1 aliphatic heterocycles. The fraction of sp³-hybridized carbons (Fsp3) is 0.105. The van der Waals surface area contributed by atoms with Gasteiger partial charge in [0.2, 0.25) is 0 Å². The van der Waals surface area contributed by atoms with E-state index in [0.29, 0.717) is 5.56 Å². The molecule has 0 spiro atoms. The van der Waals surface area contributed by atoms with E-state index in [1.807, 2.05) is 0 Å². The van der Waals surface area contributed by atoms with Gasteiger partial charge in [-0.15, -0.1) is 0 Å². The first-order chi connectivity index (χ1) is 13.7. The van der Waals surface area contributed by atoms with Gasteiger partial charge in [0.1, 0.15) is 22.9 Å². The van der Waals surface area contributed by atoms with Gasteiger partial charge in [0.15, 0.2) is 5.82 Å². The Labute approximate surface area is 166 Å². The number of aromatic nitrogens is 2. The molecule has 0 fully saturated rings. The first-order valence-electron chi connectivity index (χ1n) is 8.20. The van der Waals surface area contributed by atoms with Crippen molar-refractivity contribution in [3.05, 3.63) is 70.5 Å². The highest BCUT2D eigenvalue weighted by Gasteiger charge is 2.40. The Morgan fingerprint density at radius 2 is 1.86 bits per heavy atom. The van der Waals surface area contributed by atoms with E-state index in [1.54, 1.807) is 0 Å². The Balaban J connectivity index is 1.57. The van der Waals surface area contributed by atoms with Gasteiger partial charge in [-0.1, -0.05) is 17.7 Å². The zero-order chi connectivity index (χ0) is 20.8. The number of rotatable bonds is 3. The molecule has 5 nitrogen and oxygen atoms in total. The Hall–Kier alpha value is -3.20. The number of benzene rings is 2. The smallest absolute Gasteiger partial charge is 0.402 e. The van der Waals surface area contributed by atoms with Crippen LogP contribution in [0.3, 0.4) is 0 Å². The van der Waals surface area contributed by atoms with Crippen molar-refractivity contribution in [1.29, 1.82) is 0 Å². The Morgan fingerprint density at radius 3 is 2.52 bits per heavy atom. The van der Waals surface area contributed by atoms with Crippen molar-refractivity contribution in [2.75, 3.05) is 5.32 Å². The zero-order valence-corrected chi connectivity index (χ0v) is 15.1. The molecule has 10 heteroatoms. The Bertz CT molecular complexity index is 1100. The fourth-order valence-electron chi connectivity index (χ4n) is 2.87. The van der Waals surface area contributed by atoms with E-state index in [9.17, 15) is 22.4 Å². The lowest BCUT2D eigenvalue weighted by Gasteiger charge is -2.09. The lowest BCUT2D eigenvalue weighted by molar-refractivity contribution is -0.159. The number of nitrogens with one attached hydrogen (secondary N) is 1. The summed E-state index contributed by atoms with van der Waals surface area (Å²) in [5.74, 6) is -3.13. The lowest BCUT2D eigenvalue weighted by atomic mass is 10.1. The zero-order valence-electron chi connectivity index (χ0n) is 14.3. The average Bonchev–Trinajstić information content (AvgIpc) is 2.94. The highest BCUT2D eigenvalue weighted by Crippen LogP contribution is 2.42. The van der Waals surface area contributed by atoms with Crippen LogP contribution in [0.1, 0.15) is 15.9 Å². The molecule has 1 aromatic heterocycles. The second-order valence-corrected chi connectivity index (χ2v) is 6.60. The van der Waals surface area contributed by atoms with E-state index in [-0.39, 0.29) is 27.8 Å². The minimum Gasteiger partial charge on any atom is -0.432 e. The topological polar surface area (TPSA) is 64.1 Å². The molecule has 0 saturated heterocycles. The van der Waals surface area contributed by atoms with Gasteiger partial charge < -0.3 is 10.1 Å². The maximum atomic E-state index is 13.7. The summed E-state index contributed by atoms with van der Waals surface area (Å²) in [4.78, 5) is 20.1. The van der Waals surface area contributed by atoms with Crippen molar-refractivity contribution in [2.45, 2.75) is 12.5 Å². The largest absolute Gasteiger partial charge is 0.432 e. The van der Waals surface area contributed by atoms with Gasteiger partial charge in [-0.3, -0.25) is 9.78 Å². The molecule has 2 aromatic carbocycles. The van der Waals surface area contributed by atoms with Gasteiger partial charge in [0.25, 0.3) is 5.91 Å². The van der Waals surface area contributed by atoms with Gasteiger partial charge >= 0.3 is 6.11 Å². The standard InChI is InChI=1S/C19H10ClF4N3O2/c20-11-5-15-9(6-19(23,24)29-15)4-10(11)14-7-26-16(8-25-14)27-18(28)17-12(21)2-1-3-13(17)22/h1-5,7-8H,6H2,(H,26,27,28). The molecule has 0 radical (unpaired) electrons. The molecule has 0 bridgehead atoms. The quantitative estimate of drug-likeness (QED) is 0.611. The molecule has 148 valence electrons. The summed E-state index contributed by atoms with van der Waals surface area (Å²) in [6.45, 7) is 0. The summed E-state index contributed by atoms with van der Waals surface area (Å²) >= 11 is 6.13. The third-order valence-corrected chi connectivity index (χ3v) is 4.48. The number of hydrogen-bond donors (Lipinski definition) is 1. The number of amides is 1. The number of ether oxygens (including phenoxy) is 1. The second kappa shape index (κ2) is 7.00. The van der Waals surface area contributed by atoms with Crippen LogP contribution in [0.2, 0.25) is 5.02 Å². The van der Waals surface area contributed by atoms with E-state index in [1.165, 1.54) is 18.3 Å². The molecule has 1 N–H and O–H groups in total. The monoisotopic (exact) mass is 423 g/mol.